The lowest BCUT2D eigenvalue weighted by atomic mass is 10.0. The van der Waals surface area contributed by atoms with Crippen LogP contribution in [0.5, 0.6) is 0 Å². The standard InChI is InChI=1S/C22H26N4O2/c1-15-9-11-17(12-10-15)20(24-16(2)27)14-22(28)23-13-5-8-21-25-18-6-3-4-7-19(18)26-21/h3-4,6-7,9-12,20H,5,8,13-14H2,1-2H3,(H,23,28)(H,24,27)(H,25,26)/t20-/m0/s1. The first kappa shape index (κ1) is 19.6. The molecule has 0 unspecified atom stereocenters. The van der Waals surface area contributed by atoms with Gasteiger partial charge in [-0.15, -0.1) is 0 Å². The van der Waals surface area contributed by atoms with Gasteiger partial charge in [0.2, 0.25) is 11.8 Å². The normalized spacial score (nSPS) is 11.9. The zero-order valence-corrected chi connectivity index (χ0v) is 16.3. The molecule has 146 valence electrons. The van der Waals surface area contributed by atoms with E-state index in [9.17, 15) is 9.59 Å². The van der Waals surface area contributed by atoms with Crippen molar-refractivity contribution >= 4 is 22.8 Å². The number of H-pyrrole nitrogens is 1. The Morgan fingerprint density at radius 2 is 1.86 bits per heavy atom. The number of hydrogen-bond acceptors (Lipinski definition) is 3. The van der Waals surface area contributed by atoms with Crippen LogP contribution in [0.3, 0.4) is 0 Å². The van der Waals surface area contributed by atoms with Gasteiger partial charge in [-0.3, -0.25) is 9.59 Å². The summed E-state index contributed by atoms with van der Waals surface area (Å²) in [5.41, 5.74) is 4.05. The van der Waals surface area contributed by atoms with Crippen molar-refractivity contribution in [3.63, 3.8) is 0 Å². The maximum Gasteiger partial charge on any atom is 0.222 e. The summed E-state index contributed by atoms with van der Waals surface area (Å²) in [5, 5.41) is 5.80. The Morgan fingerprint density at radius 1 is 1.11 bits per heavy atom. The molecule has 6 heteroatoms. The van der Waals surface area contributed by atoms with Gasteiger partial charge in [-0.25, -0.2) is 4.98 Å². The van der Waals surface area contributed by atoms with Gasteiger partial charge in [0.15, 0.2) is 0 Å². The minimum absolute atomic E-state index is 0.0797. The zero-order valence-electron chi connectivity index (χ0n) is 16.3. The van der Waals surface area contributed by atoms with Gasteiger partial charge < -0.3 is 15.6 Å². The maximum atomic E-state index is 12.3. The number of carbonyl (C=O) groups is 2. The molecule has 0 saturated carbocycles. The maximum absolute atomic E-state index is 12.3. The van der Waals surface area contributed by atoms with Gasteiger partial charge in [-0.2, -0.15) is 0 Å². The summed E-state index contributed by atoms with van der Waals surface area (Å²) in [6.07, 6.45) is 1.77. The monoisotopic (exact) mass is 378 g/mol. The number of imidazole rings is 1. The van der Waals surface area contributed by atoms with Crippen LogP contribution in [0.15, 0.2) is 48.5 Å². The third-order valence-corrected chi connectivity index (χ3v) is 4.60. The van der Waals surface area contributed by atoms with Gasteiger partial charge in [0.25, 0.3) is 0 Å². The molecule has 3 rings (SSSR count). The van der Waals surface area contributed by atoms with E-state index in [0.717, 1.165) is 40.8 Å². The van der Waals surface area contributed by atoms with Crippen molar-refractivity contribution in [1.82, 2.24) is 20.6 Å². The molecule has 1 atom stereocenters. The molecule has 6 nitrogen and oxygen atoms in total. The molecule has 2 aromatic carbocycles. The van der Waals surface area contributed by atoms with Gasteiger partial charge in [0.05, 0.1) is 23.5 Å². The SMILES string of the molecule is CC(=O)N[C@@H](CC(=O)NCCCc1nc2ccccc2[nH]1)c1ccc(C)cc1. The number of carbonyl (C=O) groups excluding carboxylic acids is 2. The number of hydrogen-bond donors (Lipinski definition) is 3. The van der Waals surface area contributed by atoms with E-state index in [1.165, 1.54) is 6.92 Å². The Bertz CT molecular complexity index is 914. The van der Waals surface area contributed by atoms with Crippen LogP contribution in [0.25, 0.3) is 11.0 Å². The molecule has 0 aliphatic heterocycles. The van der Waals surface area contributed by atoms with Crippen molar-refractivity contribution in [3.8, 4) is 0 Å². The van der Waals surface area contributed by atoms with E-state index in [0.29, 0.717) is 6.54 Å². The highest BCUT2D eigenvalue weighted by Gasteiger charge is 2.16. The van der Waals surface area contributed by atoms with Gasteiger partial charge in [0.1, 0.15) is 5.82 Å². The van der Waals surface area contributed by atoms with Crippen LogP contribution in [-0.4, -0.2) is 28.3 Å². The van der Waals surface area contributed by atoms with Crippen LogP contribution in [0.4, 0.5) is 0 Å². The smallest absolute Gasteiger partial charge is 0.222 e. The number of nitrogens with zero attached hydrogens (tertiary/aromatic N) is 1. The summed E-state index contributed by atoms with van der Waals surface area (Å²) >= 11 is 0. The van der Waals surface area contributed by atoms with Crippen LogP contribution in [0.2, 0.25) is 0 Å². The number of fused-ring (bicyclic) bond motifs is 1. The number of aryl methyl sites for hydroxylation is 2. The molecule has 3 N–H and O–H groups in total. The van der Waals surface area contributed by atoms with Crippen molar-refractivity contribution in [3.05, 3.63) is 65.5 Å². The summed E-state index contributed by atoms with van der Waals surface area (Å²) < 4.78 is 0. The molecular formula is C22H26N4O2. The topological polar surface area (TPSA) is 86.9 Å². The summed E-state index contributed by atoms with van der Waals surface area (Å²) in [5.74, 6) is 0.693. The molecule has 0 spiro atoms. The van der Waals surface area contributed by atoms with Crippen molar-refractivity contribution < 1.29 is 9.59 Å². The van der Waals surface area contributed by atoms with E-state index >= 15 is 0 Å². The summed E-state index contributed by atoms with van der Waals surface area (Å²) in [6, 6.07) is 15.5. The Morgan fingerprint density at radius 3 is 2.57 bits per heavy atom. The summed E-state index contributed by atoms with van der Waals surface area (Å²) in [7, 11) is 0. The Labute approximate surface area is 164 Å². The lowest BCUT2D eigenvalue weighted by Gasteiger charge is -2.18. The average Bonchev–Trinajstić information content (AvgIpc) is 3.08. The Balaban J connectivity index is 1.48. The average molecular weight is 378 g/mol. The van der Waals surface area contributed by atoms with Crippen LogP contribution >= 0.6 is 0 Å². The van der Waals surface area contributed by atoms with Crippen LogP contribution in [0, 0.1) is 6.92 Å². The molecule has 0 radical (unpaired) electrons. The van der Waals surface area contributed by atoms with Gasteiger partial charge >= 0.3 is 0 Å². The third kappa shape index (κ3) is 5.42. The quantitative estimate of drug-likeness (QED) is 0.526. The minimum atomic E-state index is -0.325. The van der Waals surface area contributed by atoms with E-state index in [1.807, 2.05) is 55.5 Å². The lowest BCUT2D eigenvalue weighted by Crippen LogP contribution is -2.33. The number of aromatic amines is 1. The third-order valence-electron chi connectivity index (χ3n) is 4.60. The largest absolute Gasteiger partial charge is 0.356 e. The molecule has 0 aliphatic rings. The van der Waals surface area contributed by atoms with Crippen LogP contribution in [-0.2, 0) is 16.0 Å². The first-order valence-corrected chi connectivity index (χ1v) is 9.55. The van der Waals surface area contributed by atoms with E-state index in [1.54, 1.807) is 0 Å². The highest BCUT2D eigenvalue weighted by Crippen LogP contribution is 2.17. The molecule has 0 bridgehead atoms. The minimum Gasteiger partial charge on any atom is -0.356 e. The van der Waals surface area contributed by atoms with Crippen molar-refractivity contribution in [1.29, 1.82) is 0 Å². The molecule has 3 aromatic rings. The highest BCUT2D eigenvalue weighted by atomic mass is 16.2. The molecule has 0 saturated heterocycles. The first-order valence-electron chi connectivity index (χ1n) is 9.55. The zero-order chi connectivity index (χ0) is 19.9. The second-order valence-corrected chi connectivity index (χ2v) is 7.02. The molecule has 2 amide bonds. The number of nitrogens with one attached hydrogen (secondary N) is 3. The number of benzene rings is 2. The second-order valence-electron chi connectivity index (χ2n) is 7.02. The highest BCUT2D eigenvalue weighted by molar-refractivity contribution is 5.79. The van der Waals surface area contributed by atoms with Crippen molar-refractivity contribution in [2.24, 2.45) is 0 Å². The molecule has 1 heterocycles. The predicted molar refractivity (Wildman–Crippen MR) is 110 cm³/mol. The first-order chi connectivity index (χ1) is 13.5. The molecule has 0 fully saturated rings. The molecular weight excluding hydrogens is 352 g/mol. The molecule has 28 heavy (non-hydrogen) atoms. The van der Waals surface area contributed by atoms with E-state index in [-0.39, 0.29) is 24.3 Å². The van der Waals surface area contributed by atoms with Gasteiger partial charge in [0, 0.05) is 19.9 Å². The fourth-order valence-electron chi connectivity index (χ4n) is 3.16. The van der Waals surface area contributed by atoms with Crippen LogP contribution in [0.1, 0.15) is 42.8 Å². The number of amides is 2. The van der Waals surface area contributed by atoms with Crippen LogP contribution < -0.4 is 10.6 Å². The lowest BCUT2D eigenvalue weighted by molar-refractivity contribution is -0.122. The van der Waals surface area contributed by atoms with E-state index in [4.69, 9.17) is 0 Å². The van der Waals surface area contributed by atoms with Crippen molar-refractivity contribution in [2.45, 2.75) is 39.2 Å². The van der Waals surface area contributed by atoms with Gasteiger partial charge in [-0.1, -0.05) is 42.0 Å². The number of aromatic nitrogens is 2. The summed E-state index contributed by atoms with van der Waals surface area (Å²) in [4.78, 5) is 31.7. The van der Waals surface area contributed by atoms with E-state index < -0.39 is 0 Å². The number of para-hydroxylation sites is 2. The number of rotatable bonds is 8. The van der Waals surface area contributed by atoms with Crippen molar-refractivity contribution in [2.75, 3.05) is 6.54 Å². The predicted octanol–water partition coefficient (Wildman–Crippen LogP) is 3.19. The fraction of sp³-hybridized carbons (Fsp3) is 0.318. The molecule has 1 aromatic heterocycles. The Hall–Kier alpha value is -3.15. The second kappa shape index (κ2) is 9.17. The van der Waals surface area contributed by atoms with E-state index in [2.05, 4.69) is 20.6 Å². The molecule has 0 aliphatic carbocycles. The summed E-state index contributed by atoms with van der Waals surface area (Å²) in [6.45, 7) is 4.04. The Kier molecular flexibility index (Phi) is 6.42. The fourth-order valence-corrected chi connectivity index (χ4v) is 3.16. The van der Waals surface area contributed by atoms with Gasteiger partial charge in [-0.05, 0) is 31.0 Å².